The average molecular weight is 616 g/mol. The van der Waals surface area contributed by atoms with E-state index in [1.807, 2.05) is 111 Å². The zero-order valence-electron chi connectivity index (χ0n) is 33.7. The molecule has 0 fully saturated rings. The summed E-state index contributed by atoms with van der Waals surface area (Å²) in [7, 11) is 1.85. The predicted molar refractivity (Wildman–Crippen MR) is 186 cm³/mol. The molecule has 0 aliphatic carbocycles. The normalized spacial score (nSPS) is 13.2. The van der Waals surface area contributed by atoms with Crippen LogP contribution in [0.25, 0.3) is 0 Å². The van der Waals surface area contributed by atoms with Gasteiger partial charge < -0.3 is 14.4 Å². The first-order valence-corrected chi connectivity index (χ1v) is 15.8. The number of ketones is 1. The molecule has 0 saturated carbocycles. The maximum Gasteiger partial charge on any atom is 0.311 e. The lowest BCUT2D eigenvalue weighted by atomic mass is 9.80. The molecular formula is C37H77NO5. The first kappa shape index (κ1) is 48.5. The lowest BCUT2D eigenvalue weighted by Crippen LogP contribution is -2.47. The molecule has 0 aromatic heterocycles. The van der Waals surface area contributed by atoms with Crippen molar-refractivity contribution < 1.29 is 23.9 Å². The second-order valence-electron chi connectivity index (χ2n) is 19.8. The van der Waals surface area contributed by atoms with E-state index in [0.29, 0.717) is 12.2 Å². The Labute approximate surface area is 269 Å². The highest BCUT2D eigenvalue weighted by molar-refractivity contribution is 5.84. The van der Waals surface area contributed by atoms with Gasteiger partial charge in [0.25, 0.3) is 0 Å². The molecule has 0 aliphatic rings. The van der Waals surface area contributed by atoms with Crippen molar-refractivity contribution in [3.8, 4) is 0 Å². The first-order chi connectivity index (χ1) is 18.0. The maximum absolute atomic E-state index is 11.7. The van der Waals surface area contributed by atoms with Crippen molar-refractivity contribution in [3.63, 3.8) is 0 Å². The van der Waals surface area contributed by atoms with E-state index in [9.17, 15) is 14.4 Å². The van der Waals surface area contributed by atoms with Crippen LogP contribution in [-0.2, 0) is 23.9 Å². The molecule has 0 radical (unpaired) electrons. The SMILES string of the molecule is CC(C)(C)CC(=O)C(C)(C)C.CC(C)(C)OC(=O)C(C)(C)C.CC(C)(C)OC(C)(C)C.CN(C(=O)C(C)(C)C)C(C)(C)C. The number of amides is 1. The highest BCUT2D eigenvalue weighted by Crippen LogP contribution is 2.26. The van der Waals surface area contributed by atoms with E-state index in [1.165, 1.54) is 0 Å². The molecule has 0 aromatic carbocycles. The summed E-state index contributed by atoms with van der Waals surface area (Å²) in [5, 5.41) is 0. The Hall–Kier alpha value is -1.43. The van der Waals surface area contributed by atoms with Gasteiger partial charge in [0, 0.05) is 29.8 Å². The summed E-state index contributed by atoms with van der Waals surface area (Å²) < 4.78 is 10.8. The molecule has 0 heterocycles. The molecular weight excluding hydrogens is 538 g/mol. The quantitative estimate of drug-likeness (QED) is 0.274. The molecule has 0 aliphatic heterocycles. The third kappa shape index (κ3) is 33.3. The van der Waals surface area contributed by atoms with Crippen molar-refractivity contribution in [2.45, 2.75) is 195 Å². The van der Waals surface area contributed by atoms with Gasteiger partial charge in [-0.2, -0.15) is 0 Å². The van der Waals surface area contributed by atoms with Crippen LogP contribution in [0.15, 0.2) is 0 Å². The molecule has 6 heteroatoms. The number of ether oxygens (including phenoxy) is 2. The lowest BCUT2D eigenvalue weighted by molar-refractivity contribution is -0.164. The van der Waals surface area contributed by atoms with E-state index < -0.39 is 5.41 Å². The van der Waals surface area contributed by atoms with Gasteiger partial charge in [-0.3, -0.25) is 14.4 Å². The summed E-state index contributed by atoms with van der Waals surface area (Å²) in [5.41, 5.74) is -1.20. The Morgan fingerprint density at radius 2 is 0.814 bits per heavy atom. The molecule has 0 rings (SSSR count). The number of nitrogens with zero attached hydrogens (tertiary/aromatic N) is 1. The van der Waals surface area contributed by atoms with E-state index in [4.69, 9.17) is 9.47 Å². The molecule has 0 aromatic rings. The predicted octanol–water partition coefficient (Wildman–Crippen LogP) is 10.3. The van der Waals surface area contributed by atoms with Crippen LogP contribution in [0.4, 0.5) is 0 Å². The van der Waals surface area contributed by atoms with Gasteiger partial charge in [0.15, 0.2) is 0 Å². The third-order valence-electron chi connectivity index (χ3n) is 5.10. The number of esters is 1. The van der Waals surface area contributed by atoms with E-state index in [1.54, 1.807) is 4.90 Å². The van der Waals surface area contributed by atoms with Gasteiger partial charge in [-0.05, 0) is 109 Å². The van der Waals surface area contributed by atoms with E-state index in [0.717, 1.165) is 0 Å². The van der Waals surface area contributed by atoms with Crippen molar-refractivity contribution in [1.29, 1.82) is 0 Å². The van der Waals surface area contributed by atoms with Crippen LogP contribution in [0.1, 0.15) is 173 Å². The minimum absolute atomic E-state index is 0.0156. The van der Waals surface area contributed by atoms with E-state index >= 15 is 0 Å². The molecule has 0 unspecified atom stereocenters. The Kier molecular flexibility index (Phi) is 18.9. The molecule has 6 nitrogen and oxygen atoms in total. The monoisotopic (exact) mass is 616 g/mol. The van der Waals surface area contributed by atoms with Gasteiger partial charge in [0.05, 0.1) is 16.6 Å². The lowest BCUT2D eigenvalue weighted by Gasteiger charge is -2.36. The zero-order chi connectivity index (χ0) is 36.4. The number of carbonyl (C=O) groups is 3. The second-order valence-corrected chi connectivity index (χ2v) is 19.8. The first-order valence-electron chi connectivity index (χ1n) is 15.8. The molecule has 0 N–H and O–H groups in total. The molecule has 1 amide bonds. The number of hydrogen-bond donors (Lipinski definition) is 0. The molecule has 0 spiro atoms. The van der Waals surface area contributed by atoms with Crippen molar-refractivity contribution in [2.75, 3.05) is 7.05 Å². The van der Waals surface area contributed by atoms with Gasteiger partial charge in [0.1, 0.15) is 11.4 Å². The van der Waals surface area contributed by atoms with Gasteiger partial charge in [-0.25, -0.2) is 0 Å². The summed E-state index contributed by atoms with van der Waals surface area (Å²) in [6.07, 6.45) is 0.677. The fraction of sp³-hybridized carbons (Fsp3) is 0.919. The van der Waals surface area contributed by atoms with E-state index in [-0.39, 0.29) is 50.5 Å². The van der Waals surface area contributed by atoms with Gasteiger partial charge in [-0.1, -0.05) is 62.3 Å². The Bertz CT molecular complexity index is 779. The minimum Gasteiger partial charge on any atom is -0.460 e. The van der Waals surface area contributed by atoms with Crippen LogP contribution >= 0.6 is 0 Å². The number of Topliss-reactive ketones (excluding diaryl/α,β-unsaturated/α-hetero) is 1. The molecule has 43 heavy (non-hydrogen) atoms. The minimum atomic E-state index is -0.396. The van der Waals surface area contributed by atoms with Crippen LogP contribution in [0.3, 0.4) is 0 Å². The van der Waals surface area contributed by atoms with Gasteiger partial charge >= 0.3 is 5.97 Å². The maximum atomic E-state index is 11.7. The van der Waals surface area contributed by atoms with Gasteiger partial charge in [-0.15, -0.1) is 0 Å². The third-order valence-corrected chi connectivity index (χ3v) is 5.10. The molecule has 0 atom stereocenters. The summed E-state index contributed by atoms with van der Waals surface area (Å²) in [6.45, 7) is 47.7. The van der Waals surface area contributed by atoms with Crippen molar-refractivity contribution >= 4 is 17.7 Å². The Morgan fingerprint density at radius 3 is 0.884 bits per heavy atom. The Morgan fingerprint density at radius 1 is 0.488 bits per heavy atom. The van der Waals surface area contributed by atoms with Crippen molar-refractivity contribution in [1.82, 2.24) is 4.90 Å². The number of hydrogen-bond acceptors (Lipinski definition) is 5. The molecule has 260 valence electrons. The van der Waals surface area contributed by atoms with Crippen molar-refractivity contribution in [2.24, 2.45) is 21.7 Å². The highest BCUT2D eigenvalue weighted by Gasteiger charge is 2.31. The second kappa shape index (κ2) is 16.8. The van der Waals surface area contributed by atoms with E-state index in [2.05, 4.69) is 62.3 Å². The summed E-state index contributed by atoms with van der Waals surface area (Å²) in [6, 6.07) is 0. The fourth-order valence-electron chi connectivity index (χ4n) is 2.90. The number of rotatable bonds is 1. The highest BCUT2D eigenvalue weighted by atomic mass is 16.6. The number of carbonyl (C=O) groups excluding carboxylic acids is 3. The van der Waals surface area contributed by atoms with Crippen LogP contribution in [0.2, 0.25) is 0 Å². The van der Waals surface area contributed by atoms with Crippen LogP contribution in [0, 0.1) is 21.7 Å². The summed E-state index contributed by atoms with van der Waals surface area (Å²) in [4.78, 5) is 36.3. The molecule has 0 bridgehead atoms. The van der Waals surface area contributed by atoms with Crippen LogP contribution in [0.5, 0.6) is 0 Å². The topological polar surface area (TPSA) is 72.9 Å². The standard InChI is InChI=1S/C10H21NO.C10H20O.C9H18O2.C8H18O/c1-9(2,3)8(12)11(7)10(4,5)6;1-9(2,3)7-8(11)10(4,5)6;1-8(2,3)7(10)11-9(4,5)6;1-7(2,3)9-8(4,5)6/h1-7H3;7H2,1-6H3;1-6H3;1-6H3. The van der Waals surface area contributed by atoms with Gasteiger partial charge in [0.2, 0.25) is 5.91 Å². The largest absolute Gasteiger partial charge is 0.460 e. The fourth-order valence-corrected chi connectivity index (χ4v) is 2.90. The molecule has 0 saturated heterocycles. The van der Waals surface area contributed by atoms with Crippen LogP contribution in [-0.4, -0.2) is 51.9 Å². The summed E-state index contributed by atoms with van der Waals surface area (Å²) >= 11 is 0. The van der Waals surface area contributed by atoms with Crippen molar-refractivity contribution in [3.05, 3.63) is 0 Å². The Balaban J connectivity index is -0.000000237. The van der Waals surface area contributed by atoms with Crippen LogP contribution < -0.4 is 0 Å². The smallest absolute Gasteiger partial charge is 0.311 e. The summed E-state index contributed by atoms with van der Waals surface area (Å²) in [5.74, 6) is 0.394. The zero-order valence-corrected chi connectivity index (χ0v) is 33.7. The average Bonchev–Trinajstić information content (AvgIpc) is 2.59.